The molecule has 3 amide bonds. The molecule has 2 N–H and O–H groups in total. The van der Waals surface area contributed by atoms with Gasteiger partial charge in [-0.25, -0.2) is 4.79 Å². The van der Waals surface area contributed by atoms with Gasteiger partial charge in [-0.2, -0.15) is 11.8 Å². The lowest BCUT2D eigenvalue weighted by Gasteiger charge is -2.35. The van der Waals surface area contributed by atoms with E-state index in [9.17, 15) is 14.4 Å². The summed E-state index contributed by atoms with van der Waals surface area (Å²) in [4.78, 5) is 42.0. The molecule has 2 atom stereocenters. The van der Waals surface area contributed by atoms with Gasteiger partial charge >= 0.3 is 6.09 Å². The highest BCUT2D eigenvalue weighted by Gasteiger charge is 2.36. The standard InChI is InChI=1S/C29H49N3O4S/c1-9-11-13-17-30-26(33)25(23-15-14-21(3)22(4)20-23)32(18-12-10-2)27(34)24(16-19-37-8)31-28(35)36-29(5,6)7/h14-15,20,24-25H,9-13,16-19H2,1-8H3,(H,30,33)(H,31,35). The summed E-state index contributed by atoms with van der Waals surface area (Å²) >= 11 is 1.61. The zero-order valence-corrected chi connectivity index (χ0v) is 25.1. The average Bonchev–Trinajstić information content (AvgIpc) is 2.82. The first-order chi connectivity index (χ1) is 17.4. The van der Waals surface area contributed by atoms with Crippen LogP contribution in [0, 0.1) is 13.8 Å². The molecule has 1 aromatic rings. The molecule has 0 aliphatic heterocycles. The van der Waals surface area contributed by atoms with Crippen LogP contribution in [0.15, 0.2) is 18.2 Å². The predicted molar refractivity (Wildman–Crippen MR) is 154 cm³/mol. The quantitative estimate of drug-likeness (QED) is 0.272. The van der Waals surface area contributed by atoms with Gasteiger partial charge in [0.25, 0.3) is 0 Å². The molecule has 210 valence electrons. The van der Waals surface area contributed by atoms with Crippen molar-refractivity contribution in [2.45, 2.75) is 105 Å². The van der Waals surface area contributed by atoms with Crippen LogP contribution in [0.1, 0.15) is 95.9 Å². The number of amides is 3. The Balaban J connectivity index is 3.42. The van der Waals surface area contributed by atoms with Crippen LogP contribution in [0.4, 0.5) is 4.79 Å². The van der Waals surface area contributed by atoms with Crippen LogP contribution in [0.2, 0.25) is 0 Å². The third-order valence-electron chi connectivity index (χ3n) is 6.12. The molecular formula is C29H49N3O4S. The van der Waals surface area contributed by atoms with Crippen LogP contribution in [0.25, 0.3) is 0 Å². The topological polar surface area (TPSA) is 87.7 Å². The molecule has 1 rings (SSSR count). The van der Waals surface area contributed by atoms with Gasteiger partial charge in [-0.1, -0.05) is 51.3 Å². The van der Waals surface area contributed by atoms with E-state index in [2.05, 4.69) is 24.5 Å². The summed E-state index contributed by atoms with van der Waals surface area (Å²) in [6.45, 7) is 14.6. The molecule has 0 spiro atoms. The third-order valence-corrected chi connectivity index (χ3v) is 6.77. The molecule has 0 fully saturated rings. The Kier molecular flexibility index (Phi) is 14.7. The molecule has 8 heteroatoms. The maximum atomic E-state index is 14.1. The zero-order valence-electron chi connectivity index (χ0n) is 24.2. The number of nitrogens with one attached hydrogen (secondary N) is 2. The van der Waals surface area contributed by atoms with Crippen molar-refractivity contribution < 1.29 is 19.1 Å². The predicted octanol–water partition coefficient (Wildman–Crippen LogP) is 5.93. The van der Waals surface area contributed by atoms with Crippen LogP contribution in [-0.4, -0.2) is 59.5 Å². The lowest BCUT2D eigenvalue weighted by molar-refractivity contribution is -0.142. The number of rotatable bonds is 15. The van der Waals surface area contributed by atoms with Gasteiger partial charge in [0.2, 0.25) is 11.8 Å². The molecule has 2 unspecified atom stereocenters. The van der Waals surface area contributed by atoms with Crippen molar-refractivity contribution in [2.75, 3.05) is 25.1 Å². The first-order valence-corrected chi connectivity index (χ1v) is 15.0. The van der Waals surface area contributed by atoms with E-state index in [4.69, 9.17) is 4.74 Å². The van der Waals surface area contributed by atoms with Crippen molar-refractivity contribution in [3.05, 3.63) is 34.9 Å². The van der Waals surface area contributed by atoms with Crippen LogP contribution in [0.3, 0.4) is 0 Å². The summed E-state index contributed by atoms with van der Waals surface area (Å²) in [6, 6.07) is 4.35. The second-order valence-corrected chi connectivity index (χ2v) is 11.6. The molecule has 0 radical (unpaired) electrons. The van der Waals surface area contributed by atoms with Gasteiger partial charge in [0, 0.05) is 13.1 Å². The molecular weight excluding hydrogens is 486 g/mol. The van der Waals surface area contributed by atoms with E-state index in [1.54, 1.807) is 37.4 Å². The highest BCUT2D eigenvalue weighted by molar-refractivity contribution is 7.98. The Bertz CT molecular complexity index is 869. The van der Waals surface area contributed by atoms with Crippen LogP contribution in [-0.2, 0) is 14.3 Å². The minimum atomic E-state index is -0.791. The zero-order chi connectivity index (χ0) is 28.0. The molecule has 1 aromatic carbocycles. The minimum absolute atomic E-state index is 0.190. The summed E-state index contributed by atoms with van der Waals surface area (Å²) in [7, 11) is 0. The molecule has 0 aliphatic rings. The van der Waals surface area contributed by atoms with Crippen LogP contribution < -0.4 is 10.6 Å². The highest BCUT2D eigenvalue weighted by atomic mass is 32.2. The number of unbranched alkanes of at least 4 members (excludes halogenated alkanes) is 3. The second kappa shape index (κ2) is 16.6. The second-order valence-electron chi connectivity index (χ2n) is 10.6. The van der Waals surface area contributed by atoms with E-state index in [1.165, 1.54) is 0 Å². The summed E-state index contributed by atoms with van der Waals surface area (Å²) in [5, 5.41) is 5.86. The van der Waals surface area contributed by atoms with Gasteiger partial charge in [0.05, 0.1) is 0 Å². The Morgan fingerprint density at radius 2 is 1.70 bits per heavy atom. The lowest BCUT2D eigenvalue weighted by Crippen LogP contribution is -2.53. The monoisotopic (exact) mass is 535 g/mol. The summed E-state index contributed by atoms with van der Waals surface area (Å²) in [5.74, 6) is 0.232. The Labute approximate surface area is 228 Å². The van der Waals surface area contributed by atoms with E-state index in [0.717, 1.165) is 48.8 Å². The fraction of sp³-hybridized carbons (Fsp3) is 0.690. The number of carbonyl (C=O) groups is 3. The van der Waals surface area contributed by atoms with Crippen molar-refractivity contribution in [2.24, 2.45) is 0 Å². The molecule has 0 aromatic heterocycles. The Hall–Kier alpha value is -2.22. The number of hydrogen-bond acceptors (Lipinski definition) is 5. The molecule has 0 saturated heterocycles. The first-order valence-electron chi connectivity index (χ1n) is 13.6. The maximum Gasteiger partial charge on any atom is 0.408 e. The molecule has 37 heavy (non-hydrogen) atoms. The number of aryl methyl sites for hydroxylation is 2. The van der Waals surface area contributed by atoms with Gasteiger partial charge in [0.1, 0.15) is 17.7 Å². The van der Waals surface area contributed by atoms with Gasteiger partial charge in [0.15, 0.2) is 0 Å². The average molecular weight is 536 g/mol. The number of ether oxygens (including phenoxy) is 1. The Morgan fingerprint density at radius 1 is 1.03 bits per heavy atom. The maximum absolute atomic E-state index is 14.1. The number of benzene rings is 1. The van der Waals surface area contributed by atoms with Crippen LogP contribution >= 0.6 is 11.8 Å². The molecule has 0 bridgehead atoms. The van der Waals surface area contributed by atoms with E-state index >= 15 is 0 Å². The highest BCUT2D eigenvalue weighted by Crippen LogP contribution is 2.26. The number of nitrogens with zero attached hydrogens (tertiary/aromatic N) is 1. The van der Waals surface area contributed by atoms with E-state index < -0.39 is 23.8 Å². The SMILES string of the molecule is CCCCCNC(=O)C(c1ccc(C)c(C)c1)N(CCCC)C(=O)C(CCSC)NC(=O)OC(C)(C)C. The van der Waals surface area contributed by atoms with Gasteiger partial charge in [-0.3, -0.25) is 9.59 Å². The molecule has 0 saturated carbocycles. The van der Waals surface area contributed by atoms with E-state index in [1.807, 2.05) is 38.3 Å². The fourth-order valence-electron chi connectivity index (χ4n) is 3.93. The van der Waals surface area contributed by atoms with Crippen molar-refractivity contribution in [3.63, 3.8) is 0 Å². The summed E-state index contributed by atoms with van der Waals surface area (Å²) < 4.78 is 5.45. The molecule has 7 nitrogen and oxygen atoms in total. The number of carbonyl (C=O) groups excluding carboxylic acids is 3. The Morgan fingerprint density at radius 3 is 2.27 bits per heavy atom. The fourth-order valence-corrected chi connectivity index (χ4v) is 4.40. The number of thioether (sulfide) groups is 1. The van der Waals surface area contributed by atoms with Gasteiger partial charge in [-0.05, 0) is 82.6 Å². The number of alkyl carbamates (subject to hydrolysis) is 1. The molecule has 0 heterocycles. The summed E-state index contributed by atoms with van der Waals surface area (Å²) in [6.07, 6.45) is 6.38. The van der Waals surface area contributed by atoms with Crippen molar-refractivity contribution in [1.29, 1.82) is 0 Å². The third kappa shape index (κ3) is 11.8. The van der Waals surface area contributed by atoms with Gasteiger partial charge in [-0.15, -0.1) is 0 Å². The smallest absolute Gasteiger partial charge is 0.408 e. The number of hydrogen-bond donors (Lipinski definition) is 2. The van der Waals surface area contributed by atoms with E-state index in [-0.39, 0.29) is 11.8 Å². The lowest BCUT2D eigenvalue weighted by atomic mass is 9.97. The van der Waals surface area contributed by atoms with Gasteiger partial charge < -0.3 is 20.3 Å². The van der Waals surface area contributed by atoms with Crippen LogP contribution in [0.5, 0.6) is 0 Å². The first kappa shape index (κ1) is 32.8. The minimum Gasteiger partial charge on any atom is -0.444 e. The van der Waals surface area contributed by atoms with Crippen molar-refractivity contribution >= 4 is 29.7 Å². The van der Waals surface area contributed by atoms with Crippen molar-refractivity contribution in [1.82, 2.24) is 15.5 Å². The van der Waals surface area contributed by atoms with E-state index in [0.29, 0.717) is 25.3 Å². The summed E-state index contributed by atoms with van der Waals surface area (Å²) in [5.41, 5.74) is 2.29. The normalized spacial score (nSPS) is 13.0. The largest absolute Gasteiger partial charge is 0.444 e. The van der Waals surface area contributed by atoms with Crippen molar-refractivity contribution in [3.8, 4) is 0 Å². The molecule has 0 aliphatic carbocycles.